The van der Waals surface area contributed by atoms with Crippen LogP contribution in [0, 0.1) is 25.2 Å². The second-order valence-corrected chi connectivity index (χ2v) is 12.9. The summed E-state index contributed by atoms with van der Waals surface area (Å²) in [5, 5.41) is 2.77. The fraction of sp³-hybridized carbons (Fsp3) is 0.276. The molecule has 2 aliphatic heterocycles. The molecule has 1 aromatic heterocycles. The van der Waals surface area contributed by atoms with Crippen molar-refractivity contribution >= 4 is 49.9 Å². The number of ether oxygens (including phenoxy) is 1. The SMILES string of the molecule is C=S(=O)(O)c1ccc(C)cc1.[C-]#[N+]c1ccc(C(=O)Nc2ccc(F)c([C@]34CO[C@H](C(C)(F)F)[C@H]3CSC(N)=N4)c2)nc1. The standard InChI is InChI=1S/C21H18F3N5O2S.C8H10O2S/c1-20(23,24)17-14-9-32-19(25)29-21(14,10-31-17)13-7-11(3-5-15(13)22)28-18(30)16-6-4-12(26-2)8-27-16;1-7-3-5-8(6-4-7)11(2,9)10/h3-8,14,17H,9-10H2,1H3,(H2,25,29)(H,28,30);3-6H,2H2,1H3,(H,9,10)/t14-,17+,21-;/m1./s1. The maximum Gasteiger partial charge on any atom is 0.274 e. The number of amidine groups is 1. The molecule has 0 spiro atoms. The van der Waals surface area contributed by atoms with Gasteiger partial charge in [0, 0.05) is 36.0 Å². The first kappa shape index (κ1) is 32.0. The number of halogens is 3. The lowest BCUT2D eigenvalue weighted by atomic mass is 9.77. The Morgan fingerprint density at radius 2 is 1.98 bits per heavy atom. The Labute approximate surface area is 251 Å². The summed E-state index contributed by atoms with van der Waals surface area (Å²) in [6.07, 6.45) is -0.186. The van der Waals surface area contributed by atoms with Crippen molar-refractivity contribution in [1.29, 1.82) is 0 Å². The van der Waals surface area contributed by atoms with E-state index in [1.54, 1.807) is 24.3 Å². The molecule has 0 radical (unpaired) electrons. The second-order valence-electron chi connectivity index (χ2n) is 10.1. The first-order chi connectivity index (χ1) is 20.1. The number of aromatic nitrogens is 1. The molecule has 1 amide bonds. The van der Waals surface area contributed by atoms with Crippen LogP contribution < -0.4 is 11.1 Å². The molecule has 14 heteroatoms. The van der Waals surface area contributed by atoms with E-state index in [1.165, 1.54) is 30.5 Å². The topological polar surface area (TPSA) is 131 Å². The Kier molecular flexibility index (Phi) is 9.22. The number of rotatable bonds is 5. The number of anilines is 1. The molecule has 3 heterocycles. The number of alkyl halides is 2. The molecule has 3 aromatic rings. The van der Waals surface area contributed by atoms with Crippen LogP contribution in [-0.2, 0) is 20.1 Å². The Balaban J connectivity index is 0.000000324. The summed E-state index contributed by atoms with van der Waals surface area (Å²) in [5.74, 6) is -1.86. The van der Waals surface area contributed by atoms with Crippen molar-refractivity contribution in [2.24, 2.45) is 16.6 Å². The van der Waals surface area contributed by atoms with Crippen molar-refractivity contribution in [1.82, 2.24) is 4.98 Å². The highest BCUT2D eigenvalue weighted by Crippen LogP contribution is 2.51. The molecule has 1 fully saturated rings. The van der Waals surface area contributed by atoms with Gasteiger partial charge in [-0.15, -0.1) is 0 Å². The second kappa shape index (κ2) is 12.4. The molecule has 5 rings (SSSR count). The van der Waals surface area contributed by atoms with E-state index in [-0.39, 0.29) is 40.2 Å². The maximum atomic E-state index is 15.0. The highest BCUT2D eigenvalue weighted by molar-refractivity contribution is 8.13. The summed E-state index contributed by atoms with van der Waals surface area (Å²) in [6, 6.07) is 13.5. The third-order valence-electron chi connectivity index (χ3n) is 6.87. The van der Waals surface area contributed by atoms with Gasteiger partial charge in [-0.25, -0.2) is 27.2 Å². The molecule has 2 aromatic carbocycles. The quantitative estimate of drug-likeness (QED) is 0.251. The van der Waals surface area contributed by atoms with Gasteiger partial charge in [-0.2, -0.15) is 0 Å². The number of nitrogens with two attached hydrogens (primary N) is 1. The lowest BCUT2D eigenvalue weighted by molar-refractivity contribution is -0.113. The van der Waals surface area contributed by atoms with Gasteiger partial charge in [0.25, 0.3) is 11.8 Å². The largest absolute Gasteiger partial charge is 0.379 e. The van der Waals surface area contributed by atoms with Crippen molar-refractivity contribution in [2.75, 3.05) is 17.7 Å². The van der Waals surface area contributed by atoms with Gasteiger partial charge >= 0.3 is 0 Å². The van der Waals surface area contributed by atoms with Gasteiger partial charge in [-0.1, -0.05) is 35.5 Å². The first-order valence-electron chi connectivity index (χ1n) is 12.7. The molecule has 43 heavy (non-hydrogen) atoms. The third-order valence-corrected chi connectivity index (χ3v) is 8.79. The van der Waals surface area contributed by atoms with Crippen LogP contribution in [0.2, 0.25) is 0 Å². The number of carbonyl (C=O) groups is 1. The minimum Gasteiger partial charge on any atom is -0.379 e. The van der Waals surface area contributed by atoms with E-state index in [1.807, 2.05) is 6.92 Å². The average molecular weight is 632 g/mol. The Morgan fingerprint density at radius 3 is 2.56 bits per heavy atom. The van der Waals surface area contributed by atoms with Crippen LogP contribution in [0.25, 0.3) is 4.85 Å². The van der Waals surface area contributed by atoms with Crippen molar-refractivity contribution in [2.45, 2.75) is 36.3 Å². The lowest BCUT2D eigenvalue weighted by Crippen LogP contribution is -2.46. The van der Waals surface area contributed by atoms with Gasteiger partial charge in [0.1, 0.15) is 33.0 Å². The predicted octanol–water partition coefficient (Wildman–Crippen LogP) is 5.49. The zero-order valence-corrected chi connectivity index (χ0v) is 24.7. The van der Waals surface area contributed by atoms with Crippen LogP contribution in [0.15, 0.2) is 70.7 Å². The number of hydrogen-bond donors (Lipinski definition) is 3. The molecule has 4 N–H and O–H groups in total. The van der Waals surface area contributed by atoms with Gasteiger partial charge in [-0.3, -0.25) is 9.78 Å². The normalized spacial score (nSPS) is 22.6. The molecule has 0 saturated carbocycles. The van der Waals surface area contributed by atoms with E-state index in [9.17, 15) is 22.2 Å². The Hall–Kier alpha value is -3.90. The Morgan fingerprint density at radius 1 is 1.28 bits per heavy atom. The van der Waals surface area contributed by atoms with Gasteiger partial charge in [-0.05, 0) is 49.2 Å². The molecule has 226 valence electrons. The molecule has 2 aliphatic rings. The zero-order chi connectivity index (χ0) is 31.6. The van der Waals surface area contributed by atoms with E-state index in [0.717, 1.165) is 30.3 Å². The number of amides is 1. The van der Waals surface area contributed by atoms with E-state index in [2.05, 4.69) is 26.0 Å². The number of benzene rings is 2. The van der Waals surface area contributed by atoms with E-state index < -0.39 is 45.0 Å². The van der Waals surface area contributed by atoms with Crippen molar-refractivity contribution in [3.8, 4) is 0 Å². The summed E-state index contributed by atoms with van der Waals surface area (Å²) < 4.78 is 68.7. The maximum absolute atomic E-state index is 15.0. The summed E-state index contributed by atoms with van der Waals surface area (Å²) >= 11 is 1.12. The molecule has 1 unspecified atom stereocenters. The summed E-state index contributed by atoms with van der Waals surface area (Å²) in [4.78, 5) is 24.4. The van der Waals surface area contributed by atoms with Gasteiger partial charge in [0.05, 0.1) is 18.1 Å². The minimum atomic E-state index is -3.15. The Bertz CT molecular complexity index is 1690. The van der Waals surface area contributed by atoms with Gasteiger partial charge in [0.2, 0.25) is 5.69 Å². The lowest BCUT2D eigenvalue weighted by Gasteiger charge is -2.37. The van der Waals surface area contributed by atoms with Crippen LogP contribution in [0.3, 0.4) is 0 Å². The number of aliphatic imine (C=N–C) groups is 1. The number of thioether (sulfide) groups is 1. The number of nitrogens with one attached hydrogen (secondary N) is 1. The molecule has 0 aliphatic carbocycles. The fourth-order valence-electron chi connectivity index (χ4n) is 4.74. The molecule has 1 saturated heterocycles. The van der Waals surface area contributed by atoms with Crippen LogP contribution in [0.4, 0.5) is 24.5 Å². The van der Waals surface area contributed by atoms with Gasteiger partial charge in [0.15, 0.2) is 5.17 Å². The molecular weight excluding hydrogens is 603 g/mol. The van der Waals surface area contributed by atoms with Crippen molar-refractivity contribution in [3.05, 3.63) is 94.8 Å². The van der Waals surface area contributed by atoms with E-state index in [0.29, 0.717) is 4.90 Å². The summed E-state index contributed by atoms with van der Waals surface area (Å²) in [7, 11) is -3.02. The zero-order valence-electron chi connectivity index (χ0n) is 23.1. The van der Waals surface area contributed by atoms with Crippen molar-refractivity contribution < 1.29 is 31.5 Å². The monoisotopic (exact) mass is 631 g/mol. The molecule has 9 nitrogen and oxygen atoms in total. The number of aryl methyl sites for hydroxylation is 1. The molecule has 0 bridgehead atoms. The number of nitrogens with zero attached hydrogens (tertiary/aromatic N) is 3. The number of hydrogen-bond acceptors (Lipinski definition) is 7. The highest BCUT2D eigenvalue weighted by Gasteiger charge is 2.59. The first-order valence-corrected chi connectivity index (χ1v) is 15.4. The van der Waals surface area contributed by atoms with Crippen molar-refractivity contribution in [3.63, 3.8) is 0 Å². The number of carbonyl (C=O) groups excluding carboxylic acids is 1. The van der Waals surface area contributed by atoms with Crippen LogP contribution in [-0.4, -0.2) is 55.1 Å². The van der Waals surface area contributed by atoms with Crippen LogP contribution in [0.1, 0.15) is 28.5 Å². The van der Waals surface area contributed by atoms with Crippen LogP contribution >= 0.6 is 11.8 Å². The van der Waals surface area contributed by atoms with Gasteiger partial charge < -0.3 is 20.3 Å². The highest BCUT2D eigenvalue weighted by atomic mass is 32.2. The van der Waals surface area contributed by atoms with Crippen LogP contribution in [0.5, 0.6) is 0 Å². The summed E-state index contributed by atoms with van der Waals surface area (Å²) in [5.41, 5.74) is 6.11. The molecule has 4 atom stereocenters. The average Bonchev–Trinajstić information content (AvgIpc) is 3.34. The fourth-order valence-corrected chi connectivity index (χ4v) is 6.33. The smallest absolute Gasteiger partial charge is 0.274 e. The minimum absolute atomic E-state index is 0.0200. The number of pyridine rings is 1. The predicted molar refractivity (Wildman–Crippen MR) is 162 cm³/mol. The number of fused-ring (bicyclic) bond motifs is 1. The van der Waals surface area contributed by atoms with E-state index >= 15 is 0 Å². The summed E-state index contributed by atoms with van der Waals surface area (Å²) in [6.45, 7) is 9.36. The molecular formula is C29H28F3N5O4S2. The third kappa shape index (κ3) is 7.19. The van der Waals surface area contributed by atoms with E-state index in [4.69, 9.17) is 21.6 Å².